The predicted octanol–water partition coefficient (Wildman–Crippen LogP) is 14.2. The maximum Gasteiger partial charge on any atom is 0.0687 e. The van der Waals surface area contributed by atoms with Crippen molar-refractivity contribution in [1.82, 2.24) is 4.90 Å². The van der Waals surface area contributed by atoms with Crippen LogP contribution in [0.25, 0.3) is 0 Å². The van der Waals surface area contributed by atoms with Gasteiger partial charge in [0.15, 0.2) is 0 Å². The van der Waals surface area contributed by atoms with Gasteiger partial charge in [-0.3, -0.25) is 0 Å². The number of hydrogen-bond donors (Lipinski definition) is 0. The van der Waals surface area contributed by atoms with Crippen LogP contribution in [0.4, 0.5) is 0 Å². The molecule has 1 aliphatic rings. The molecule has 2 unspecified atom stereocenters. The molecule has 1 heterocycles. The third-order valence-corrected chi connectivity index (χ3v) is 9.73. The largest absolute Gasteiger partial charge is 0.372 e. The van der Waals surface area contributed by atoms with Gasteiger partial charge in [0.1, 0.15) is 0 Å². The fraction of sp³-hybridized carbons (Fsp3) is 0.886. The number of hydrogen-bond acceptors (Lipinski definition) is 2. The number of ether oxygens (including phenoxy) is 1. The summed E-state index contributed by atoms with van der Waals surface area (Å²) in [5.41, 5.74) is 0.182. The minimum Gasteiger partial charge on any atom is -0.372 e. The van der Waals surface area contributed by atoms with E-state index in [4.69, 9.17) is 4.74 Å². The third kappa shape index (κ3) is 33.2. The van der Waals surface area contributed by atoms with Crippen molar-refractivity contribution in [2.45, 2.75) is 232 Å². The second-order valence-corrected chi connectivity index (χ2v) is 14.4. The summed E-state index contributed by atoms with van der Waals surface area (Å²) in [5, 5.41) is 0. The average molecular weight is 732 g/mol. The third-order valence-electron chi connectivity index (χ3n) is 9.73. The molecule has 47 heavy (non-hydrogen) atoms. The van der Waals surface area contributed by atoms with Crippen LogP contribution < -0.4 is 0 Å². The van der Waals surface area contributed by atoms with Gasteiger partial charge in [-0.05, 0) is 97.7 Å². The van der Waals surface area contributed by atoms with Gasteiger partial charge in [0.2, 0.25) is 0 Å². The molecule has 0 aromatic heterocycles. The number of unbranched alkanes of at least 4 members (excludes halogenated alkanes) is 21. The van der Waals surface area contributed by atoms with Crippen LogP contribution in [-0.4, -0.2) is 37.2 Å². The van der Waals surface area contributed by atoms with Gasteiger partial charge in [-0.1, -0.05) is 136 Å². The van der Waals surface area contributed by atoms with E-state index in [-0.39, 0.29) is 38.3 Å². The summed E-state index contributed by atoms with van der Waals surface area (Å²) in [6, 6.07) is 0. The monoisotopic (exact) mass is 732 g/mol. The van der Waals surface area contributed by atoms with Crippen LogP contribution in [0.5, 0.6) is 0 Å². The Morgan fingerprint density at radius 3 is 1.64 bits per heavy atom. The number of nitrogens with zero attached hydrogens (tertiary/aromatic N) is 1. The van der Waals surface area contributed by atoms with Crippen molar-refractivity contribution in [1.29, 1.82) is 0 Å². The summed E-state index contributed by atoms with van der Waals surface area (Å²) in [7, 11) is 4.37. The van der Waals surface area contributed by atoms with Gasteiger partial charge in [-0.25, -0.2) is 0 Å². The molecule has 0 saturated carbocycles. The summed E-state index contributed by atoms with van der Waals surface area (Å²) >= 11 is 0. The SMILES string of the molecule is CC.[CH2-]CCCCCCC#CCCCCCCCC1(CCCCCCC/C=C\CCCCCCCC)CCC(CCCN(C)C)O1.[Y]. The Balaban J connectivity index is 0. The molecule has 275 valence electrons. The summed E-state index contributed by atoms with van der Waals surface area (Å²) in [6.07, 6.45) is 46.1. The smallest absolute Gasteiger partial charge is 0.0687 e. The molecular formula is C44H84NOY-. The maximum atomic E-state index is 6.91. The second-order valence-electron chi connectivity index (χ2n) is 14.4. The summed E-state index contributed by atoms with van der Waals surface area (Å²) in [6.45, 7) is 11.4. The quantitative estimate of drug-likeness (QED) is 0.0305. The molecule has 2 nitrogen and oxygen atoms in total. The Morgan fingerprint density at radius 2 is 1.13 bits per heavy atom. The zero-order valence-corrected chi connectivity index (χ0v) is 35.8. The van der Waals surface area contributed by atoms with Crippen LogP contribution >= 0.6 is 0 Å². The minimum absolute atomic E-state index is 0. The van der Waals surface area contributed by atoms with Gasteiger partial charge in [0.05, 0.1) is 11.7 Å². The number of allylic oxidation sites excluding steroid dienone is 2. The van der Waals surface area contributed by atoms with Crippen molar-refractivity contribution in [3.63, 3.8) is 0 Å². The Hall–Kier alpha value is 0.324. The summed E-state index contributed by atoms with van der Waals surface area (Å²) in [5.74, 6) is 6.82. The van der Waals surface area contributed by atoms with Gasteiger partial charge >= 0.3 is 0 Å². The van der Waals surface area contributed by atoms with Gasteiger partial charge in [0, 0.05) is 45.6 Å². The summed E-state index contributed by atoms with van der Waals surface area (Å²) < 4.78 is 6.91. The van der Waals surface area contributed by atoms with Crippen LogP contribution in [0.15, 0.2) is 12.2 Å². The molecule has 0 aliphatic carbocycles. The Morgan fingerprint density at radius 1 is 0.660 bits per heavy atom. The van der Waals surface area contributed by atoms with Gasteiger partial charge < -0.3 is 16.6 Å². The van der Waals surface area contributed by atoms with E-state index < -0.39 is 0 Å². The fourth-order valence-corrected chi connectivity index (χ4v) is 6.86. The van der Waals surface area contributed by atoms with Crippen LogP contribution in [0.3, 0.4) is 0 Å². The standard InChI is InChI=1S/C42H78NO.C2H6.Y/c1-5-7-9-11-13-15-17-19-21-23-25-27-29-31-33-38-42(39-36-41(44-42)35-34-40-43(3)4)37-32-30-28-26-24-22-20-18-16-14-12-10-8-6-2;1-2;/h19,21,41H,2,5-17,22-40H2,1,3-4H3;1-2H3;/q-1;;/b21-19-;;. The molecule has 0 N–H and O–H groups in total. The Kier molecular flexibility index (Phi) is 41.1. The van der Waals surface area contributed by atoms with E-state index in [9.17, 15) is 0 Å². The molecule has 1 fully saturated rings. The first-order valence-corrected chi connectivity index (χ1v) is 20.8. The predicted molar refractivity (Wildman–Crippen MR) is 209 cm³/mol. The molecule has 2 atom stereocenters. The molecule has 0 aromatic rings. The van der Waals surface area contributed by atoms with Crippen molar-refractivity contribution >= 4 is 0 Å². The van der Waals surface area contributed by atoms with Crippen molar-refractivity contribution in [2.75, 3.05) is 20.6 Å². The van der Waals surface area contributed by atoms with Gasteiger partial charge in [-0.15, -0.1) is 11.8 Å². The molecule has 0 amide bonds. The van der Waals surface area contributed by atoms with E-state index in [1.165, 1.54) is 186 Å². The molecule has 0 aromatic carbocycles. The first kappa shape index (κ1) is 49.4. The molecule has 0 bridgehead atoms. The van der Waals surface area contributed by atoms with Crippen molar-refractivity contribution in [3.8, 4) is 11.8 Å². The van der Waals surface area contributed by atoms with Crippen molar-refractivity contribution < 1.29 is 37.4 Å². The van der Waals surface area contributed by atoms with Gasteiger partial charge in [-0.2, -0.15) is 6.42 Å². The zero-order chi connectivity index (χ0) is 33.8. The molecule has 3 heteroatoms. The van der Waals surface area contributed by atoms with E-state index in [2.05, 4.69) is 56.8 Å². The molecule has 0 spiro atoms. The van der Waals surface area contributed by atoms with Crippen LogP contribution in [-0.2, 0) is 37.4 Å². The van der Waals surface area contributed by atoms with E-state index in [1.54, 1.807) is 0 Å². The molecular weight excluding hydrogens is 647 g/mol. The minimum atomic E-state index is 0. The number of rotatable bonds is 31. The zero-order valence-electron chi connectivity index (χ0n) is 33.0. The van der Waals surface area contributed by atoms with Crippen LogP contribution in [0, 0.1) is 18.8 Å². The fourth-order valence-electron chi connectivity index (χ4n) is 6.86. The first-order chi connectivity index (χ1) is 22.6. The van der Waals surface area contributed by atoms with Crippen LogP contribution in [0.1, 0.15) is 220 Å². The Bertz CT molecular complexity index is 695. The molecule has 1 saturated heterocycles. The maximum absolute atomic E-state index is 6.91. The molecule has 1 aliphatic heterocycles. The van der Waals surface area contributed by atoms with E-state index >= 15 is 0 Å². The van der Waals surface area contributed by atoms with Gasteiger partial charge in [0.25, 0.3) is 0 Å². The Labute approximate surface area is 323 Å². The van der Waals surface area contributed by atoms with E-state index in [0.717, 1.165) is 19.3 Å². The van der Waals surface area contributed by atoms with E-state index in [0.29, 0.717) is 6.10 Å². The molecule has 1 rings (SSSR count). The van der Waals surface area contributed by atoms with Crippen molar-refractivity contribution in [2.24, 2.45) is 0 Å². The molecule has 1 radical (unpaired) electrons. The van der Waals surface area contributed by atoms with Crippen LogP contribution in [0.2, 0.25) is 0 Å². The first-order valence-electron chi connectivity index (χ1n) is 20.8. The summed E-state index contributed by atoms with van der Waals surface area (Å²) in [4.78, 5) is 2.31. The van der Waals surface area contributed by atoms with Crippen molar-refractivity contribution in [3.05, 3.63) is 19.1 Å². The topological polar surface area (TPSA) is 12.5 Å². The normalized spacial score (nSPS) is 17.4. The second kappa shape index (κ2) is 39.1. The average Bonchev–Trinajstić information content (AvgIpc) is 3.46. The van der Waals surface area contributed by atoms with E-state index in [1.807, 2.05) is 13.8 Å².